The number of hydrogen-bond donors (Lipinski definition) is 1. The van der Waals surface area contributed by atoms with Crippen molar-refractivity contribution in [2.75, 3.05) is 5.32 Å². The normalized spacial score (nSPS) is 11.2. The Labute approximate surface area is 172 Å². The highest BCUT2D eigenvalue weighted by Crippen LogP contribution is 2.23. The number of pyridine rings is 1. The number of hydrogen-bond acceptors (Lipinski definition) is 5. The zero-order chi connectivity index (χ0) is 20.1. The van der Waals surface area contributed by atoms with Gasteiger partial charge in [-0.15, -0.1) is 11.3 Å². The third-order valence-electron chi connectivity index (χ3n) is 4.34. The van der Waals surface area contributed by atoms with Gasteiger partial charge in [0.2, 0.25) is 0 Å². The van der Waals surface area contributed by atoms with E-state index in [9.17, 15) is 10.1 Å². The van der Waals surface area contributed by atoms with Crippen molar-refractivity contribution in [3.05, 3.63) is 94.6 Å². The lowest BCUT2D eigenvalue weighted by Crippen LogP contribution is -2.13. The number of carbonyl (C=O) groups is 1. The summed E-state index contributed by atoms with van der Waals surface area (Å²) in [6.45, 7) is 0. The van der Waals surface area contributed by atoms with Crippen molar-refractivity contribution < 1.29 is 4.79 Å². The van der Waals surface area contributed by atoms with E-state index in [2.05, 4.69) is 15.3 Å². The van der Waals surface area contributed by atoms with Gasteiger partial charge in [-0.05, 0) is 29.3 Å². The van der Waals surface area contributed by atoms with E-state index in [0.717, 1.165) is 27.8 Å². The van der Waals surface area contributed by atoms with Gasteiger partial charge < -0.3 is 0 Å². The van der Waals surface area contributed by atoms with Crippen LogP contribution in [-0.2, 0) is 11.2 Å². The lowest BCUT2D eigenvalue weighted by molar-refractivity contribution is -0.112. The molecule has 4 rings (SSSR count). The van der Waals surface area contributed by atoms with Crippen molar-refractivity contribution in [2.24, 2.45) is 0 Å². The highest BCUT2D eigenvalue weighted by Gasteiger charge is 2.13. The summed E-state index contributed by atoms with van der Waals surface area (Å²) in [5.41, 5.74) is 2.77. The van der Waals surface area contributed by atoms with E-state index < -0.39 is 5.91 Å². The summed E-state index contributed by atoms with van der Waals surface area (Å²) >= 11 is 1.40. The van der Waals surface area contributed by atoms with Crippen LogP contribution in [-0.4, -0.2) is 15.9 Å². The molecule has 1 N–H and O–H groups in total. The van der Waals surface area contributed by atoms with Gasteiger partial charge in [0.05, 0.1) is 5.52 Å². The molecule has 0 atom stereocenters. The molecular weight excluding hydrogens is 380 g/mol. The average Bonchev–Trinajstić information content (AvgIpc) is 3.19. The Morgan fingerprint density at radius 3 is 2.69 bits per heavy atom. The molecule has 5 nitrogen and oxygen atoms in total. The number of rotatable bonds is 5. The second-order valence-electron chi connectivity index (χ2n) is 6.34. The largest absolute Gasteiger partial charge is 0.297 e. The molecule has 0 saturated heterocycles. The summed E-state index contributed by atoms with van der Waals surface area (Å²) in [4.78, 5) is 22.2. The van der Waals surface area contributed by atoms with Gasteiger partial charge in [-0.25, -0.2) is 4.98 Å². The van der Waals surface area contributed by atoms with Crippen molar-refractivity contribution in [3.8, 4) is 6.07 Å². The lowest BCUT2D eigenvalue weighted by Gasteiger charge is -2.03. The first kappa shape index (κ1) is 18.5. The predicted molar refractivity (Wildman–Crippen MR) is 115 cm³/mol. The number of nitrogens with zero attached hydrogens (tertiary/aromatic N) is 3. The van der Waals surface area contributed by atoms with Crippen LogP contribution in [0.1, 0.15) is 16.0 Å². The highest BCUT2D eigenvalue weighted by molar-refractivity contribution is 7.15. The molecule has 0 radical (unpaired) electrons. The monoisotopic (exact) mass is 396 g/mol. The van der Waals surface area contributed by atoms with Gasteiger partial charge in [0, 0.05) is 29.1 Å². The molecule has 0 fully saturated rings. The summed E-state index contributed by atoms with van der Waals surface area (Å²) in [7, 11) is 0. The third-order valence-corrected chi connectivity index (χ3v) is 5.26. The Morgan fingerprint density at radius 2 is 1.86 bits per heavy atom. The van der Waals surface area contributed by atoms with Crippen LogP contribution in [0.25, 0.3) is 17.0 Å². The number of nitrogens with one attached hydrogen (secondary N) is 1. The fourth-order valence-electron chi connectivity index (χ4n) is 2.96. The molecule has 2 heterocycles. The Morgan fingerprint density at radius 1 is 1.07 bits per heavy atom. The van der Waals surface area contributed by atoms with Gasteiger partial charge in [-0.3, -0.25) is 15.1 Å². The fraction of sp³-hybridized carbons (Fsp3) is 0.0435. The zero-order valence-electron chi connectivity index (χ0n) is 15.4. The second-order valence-corrected chi connectivity index (χ2v) is 7.45. The molecule has 140 valence electrons. The van der Waals surface area contributed by atoms with E-state index in [1.807, 2.05) is 60.7 Å². The van der Waals surface area contributed by atoms with Crippen molar-refractivity contribution in [1.82, 2.24) is 9.97 Å². The number of thiazole rings is 1. The van der Waals surface area contributed by atoms with Gasteiger partial charge in [0.15, 0.2) is 5.13 Å². The van der Waals surface area contributed by atoms with Gasteiger partial charge >= 0.3 is 0 Å². The Hall–Kier alpha value is -3.82. The number of nitriles is 1. The van der Waals surface area contributed by atoms with Crippen LogP contribution in [0.15, 0.2) is 78.6 Å². The lowest BCUT2D eigenvalue weighted by atomic mass is 10.1. The molecule has 4 aromatic rings. The Balaban J connectivity index is 1.52. The van der Waals surface area contributed by atoms with Crippen LogP contribution >= 0.6 is 11.3 Å². The minimum atomic E-state index is -0.478. The third kappa shape index (κ3) is 4.37. The molecule has 0 bridgehead atoms. The van der Waals surface area contributed by atoms with E-state index >= 15 is 0 Å². The van der Waals surface area contributed by atoms with E-state index in [1.54, 1.807) is 24.5 Å². The van der Waals surface area contributed by atoms with E-state index in [0.29, 0.717) is 5.13 Å². The molecule has 2 aromatic heterocycles. The molecule has 6 heteroatoms. The van der Waals surface area contributed by atoms with Crippen LogP contribution < -0.4 is 5.32 Å². The predicted octanol–water partition coefficient (Wildman–Crippen LogP) is 4.83. The molecule has 0 saturated carbocycles. The van der Waals surface area contributed by atoms with Gasteiger partial charge in [0.25, 0.3) is 5.91 Å². The van der Waals surface area contributed by atoms with Gasteiger partial charge in [0.1, 0.15) is 11.6 Å². The van der Waals surface area contributed by atoms with Crippen molar-refractivity contribution >= 4 is 39.4 Å². The first-order valence-electron chi connectivity index (χ1n) is 8.98. The number of benzene rings is 2. The SMILES string of the molecule is N#CC(=Cc1ccnc2ccccc12)C(=O)Nc1ncc(Cc2ccccc2)s1. The quantitative estimate of drug-likeness (QED) is 0.387. The first-order valence-corrected chi connectivity index (χ1v) is 9.80. The second kappa shape index (κ2) is 8.46. The van der Waals surface area contributed by atoms with E-state index in [4.69, 9.17) is 0 Å². The fourth-order valence-corrected chi connectivity index (χ4v) is 3.80. The Bertz CT molecular complexity index is 1230. The van der Waals surface area contributed by atoms with Gasteiger partial charge in [-0.2, -0.15) is 5.26 Å². The number of carbonyl (C=O) groups excluding carboxylic acids is 1. The summed E-state index contributed by atoms with van der Waals surface area (Å²) in [5, 5.41) is 13.6. The smallest absolute Gasteiger partial charge is 0.268 e. The summed E-state index contributed by atoms with van der Waals surface area (Å²) in [6.07, 6.45) is 5.74. The molecular formula is C23H16N4OS. The molecule has 0 aliphatic heterocycles. The summed E-state index contributed by atoms with van der Waals surface area (Å²) < 4.78 is 0. The maximum absolute atomic E-state index is 12.6. The van der Waals surface area contributed by atoms with Crippen LogP contribution in [0.4, 0.5) is 5.13 Å². The number of para-hydroxylation sites is 1. The summed E-state index contributed by atoms with van der Waals surface area (Å²) in [5.74, 6) is -0.478. The van der Waals surface area contributed by atoms with Crippen molar-refractivity contribution in [3.63, 3.8) is 0 Å². The van der Waals surface area contributed by atoms with Crippen LogP contribution in [0.2, 0.25) is 0 Å². The van der Waals surface area contributed by atoms with E-state index in [-0.39, 0.29) is 5.57 Å². The molecule has 0 aliphatic rings. The number of aromatic nitrogens is 2. The molecule has 0 aliphatic carbocycles. The Kier molecular flexibility index (Phi) is 5.41. The van der Waals surface area contributed by atoms with Crippen molar-refractivity contribution in [2.45, 2.75) is 6.42 Å². The topological polar surface area (TPSA) is 78.7 Å². The van der Waals surface area contributed by atoms with Crippen LogP contribution in [0.3, 0.4) is 0 Å². The average molecular weight is 396 g/mol. The number of fused-ring (bicyclic) bond motifs is 1. The first-order chi connectivity index (χ1) is 14.2. The summed E-state index contributed by atoms with van der Waals surface area (Å²) in [6, 6.07) is 21.4. The minimum absolute atomic E-state index is 0.0150. The number of anilines is 1. The van der Waals surface area contributed by atoms with E-state index in [1.165, 1.54) is 16.9 Å². The van der Waals surface area contributed by atoms with Gasteiger partial charge in [-0.1, -0.05) is 48.5 Å². The van der Waals surface area contributed by atoms with Crippen molar-refractivity contribution in [1.29, 1.82) is 5.26 Å². The highest BCUT2D eigenvalue weighted by atomic mass is 32.1. The minimum Gasteiger partial charge on any atom is -0.297 e. The maximum atomic E-state index is 12.6. The molecule has 1 amide bonds. The molecule has 0 spiro atoms. The molecule has 2 aromatic carbocycles. The van der Waals surface area contributed by atoms with Crippen LogP contribution in [0, 0.1) is 11.3 Å². The maximum Gasteiger partial charge on any atom is 0.268 e. The molecule has 0 unspecified atom stereocenters. The van der Waals surface area contributed by atoms with Crippen LogP contribution in [0.5, 0.6) is 0 Å². The zero-order valence-corrected chi connectivity index (χ0v) is 16.2. The number of amides is 1. The molecule has 29 heavy (non-hydrogen) atoms. The standard InChI is InChI=1S/C23H16N4OS/c24-14-18(13-17-10-11-25-21-9-5-4-8-20(17)21)22(28)27-23-26-15-19(29-23)12-16-6-2-1-3-7-16/h1-11,13,15H,12H2,(H,26,27,28).